The maximum absolute atomic E-state index is 13.4. The van der Waals surface area contributed by atoms with Crippen molar-refractivity contribution in [2.75, 3.05) is 13.2 Å². The Hall–Kier alpha value is -2.98. The van der Waals surface area contributed by atoms with Crippen molar-refractivity contribution in [3.63, 3.8) is 0 Å². The second kappa shape index (κ2) is 10.1. The quantitative estimate of drug-likeness (QED) is 0.475. The van der Waals surface area contributed by atoms with Gasteiger partial charge >= 0.3 is 6.18 Å². The van der Waals surface area contributed by atoms with Gasteiger partial charge in [-0.1, -0.05) is 43.7 Å². The molecule has 0 amide bonds. The molecule has 182 valence electrons. The van der Waals surface area contributed by atoms with Crippen molar-refractivity contribution in [3.05, 3.63) is 65.5 Å². The topological polar surface area (TPSA) is 90.9 Å². The van der Waals surface area contributed by atoms with Gasteiger partial charge in [-0.2, -0.15) is 17.9 Å². The highest BCUT2D eigenvalue weighted by Gasteiger charge is 2.40. The van der Waals surface area contributed by atoms with Gasteiger partial charge in [0.2, 0.25) is 0 Å². The first-order valence-corrected chi connectivity index (χ1v) is 11.5. The zero-order chi connectivity index (χ0) is 24.2. The highest BCUT2D eigenvalue weighted by Crippen LogP contribution is 2.37. The number of nitrogens with one attached hydrogen (secondary N) is 1. The lowest BCUT2D eigenvalue weighted by Gasteiger charge is -2.42. The molecule has 0 saturated carbocycles. The molecule has 0 bridgehead atoms. The number of tetrazole rings is 1. The Kier molecular flexibility index (Phi) is 7.18. The van der Waals surface area contributed by atoms with E-state index >= 15 is 0 Å². The van der Waals surface area contributed by atoms with Crippen LogP contribution in [-0.2, 0) is 12.6 Å². The predicted molar refractivity (Wildman–Crippen MR) is 122 cm³/mol. The first kappa shape index (κ1) is 24.2. The summed E-state index contributed by atoms with van der Waals surface area (Å²) in [7, 11) is 0. The van der Waals surface area contributed by atoms with Gasteiger partial charge in [-0.05, 0) is 72.0 Å². The smallest absolute Gasteiger partial charge is 0.453 e. The number of piperidine rings is 1. The van der Waals surface area contributed by atoms with Crippen LogP contribution < -0.4 is 15.8 Å². The van der Waals surface area contributed by atoms with Gasteiger partial charge in [0.1, 0.15) is 5.75 Å². The summed E-state index contributed by atoms with van der Waals surface area (Å²) in [5, 5.41) is 13.5. The summed E-state index contributed by atoms with van der Waals surface area (Å²) in [6, 6.07) is 14.7. The molecule has 2 aromatic carbocycles. The van der Waals surface area contributed by atoms with E-state index in [1.165, 1.54) is 6.07 Å². The Balaban J connectivity index is 1.72. The number of nitrogens with zero attached hydrogens (tertiary/aromatic N) is 4. The second-order valence-corrected chi connectivity index (χ2v) is 8.72. The van der Waals surface area contributed by atoms with Gasteiger partial charge in [-0.25, -0.2) is 0 Å². The van der Waals surface area contributed by atoms with Crippen LogP contribution in [0.5, 0.6) is 5.75 Å². The van der Waals surface area contributed by atoms with Gasteiger partial charge in [0.25, 0.3) is 5.82 Å². The van der Waals surface area contributed by atoms with E-state index in [9.17, 15) is 13.2 Å². The highest BCUT2D eigenvalue weighted by molar-refractivity contribution is 5.46. The summed E-state index contributed by atoms with van der Waals surface area (Å²) < 4.78 is 46.9. The molecular formula is C24H29F3N6O. The van der Waals surface area contributed by atoms with Crippen LogP contribution in [0.15, 0.2) is 48.5 Å². The van der Waals surface area contributed by atoms with Gasteiger partial charge in [0.15, 0.2) is 0 Å². The number of halogens is 3. The van der Waals surface area contributed by atoms with E-state index in [0.29, 0.717) is 23.5 Å². The van der Waals surface area contributed by atoms with Crippen LogP contribution >= 0.6 is 0 Å². The standard InChI is InChI=1S/C24H29F3N6O/c1-2-3-14-34-20-11-10-19(33-22(24(25,26)27)30-31-32-33)15-18(20)16-23(28)12-7-13-29-21(23)17-8-5-4-6-9-17/h4-6,8-11,15,21,29H,2-3,7,12-14,16,28H2,1H3/t21-,23-/m0/s1. The predicted octanol–water partition coefficient (Wildman–Crippen LogP) is 4.22. The molecule has 0 aliphatic carbocycles. The van der Waals surface area contributed by atoms with E-state index in [1.54, 1.807) is 12.1 Å². The largest absolute Gasteiger partial charge is 0.493 e. The molecule has 1 aliphatic rings. The fourth-order valence-corrected chi connectivity index (χ4v) is 4.49. The first-order chi connectivity index (χ1) is 16.3. The third-order valence-electron chi connectivity index (χ3n) is 6.16. The van der Waals surface area contributed by atoms with Crippen molar-refractivity contribution in [2.24, 2.45) is 5.73 Å². The van der Waals surface area contributed by atoms with Gasteiger partial charge in [-0.3, -0.25) is 0 Å². The van der Waals surface area contributed by atoms with Crippen LogP contribution in [0.4, 0.5) is 13.2 Å². The Morgan fingerprint density at radius 3 is 2.74 bits per heavy atom. The molecule has 1 saturated heterocycles. The van der Waals surface area contributed by atoms with Gasteiger partial charge < -0.3 is 15.8 Å². The number of rotatable bonds is 8. The number of hydrogen-bond donors (Lipinski definition) is 2. The number of unbranched alkanes of at least 4 members (excludes halogenated alkanes) is 1. The number of benzene rings is 2. The minimum Gasteiger partial charge on any atom is -0.493 e. The molecule has 3 N–H and O–H groups in total. The number of ether oxygens (including phenoxy) is 1. The molecule has 2 heterocycles. The van der Waals surface area contributed by atoms with Crippen molar-refractivity contribution in [3.8, 4) is 11.4 Å². The average Bonchev–Trinajstić information content (AvgIpc) is 3.32. The minimum atomic E-state index is -4.68. The SMILES string of the molecule is CCCCOc1ccc(-n2nnnc2C(F)(F)F)cc1C[C@@]1(N)CCCN[C@H]1c1ccccc1. The number of aromatic nitrogens is 4. The van der Waals surface area contributed by atoms with Crippen LogP contribution in [0.2, 0.25) is 0 Å². The van der Waals surface area contributed by atoms with Crippen molar-refractivity contribution in [1.82, 2.24) is 25.5 Å². The summed E-state index contributed by atoms with van der Waals surface area (Å²) in [6.07, 6.45) is -0.769. The Morgan fingerprint density at radius 2 is 2.00 bits per heavy atom. The molecule has 0 spiro atoms. The average molecular weight is 475 g/mol. The summed E-state index contributed by atoms with van der Waals surface area (Å²) in [5.41, 5.74) is 8.37. The summed E-state index contributed by atoms with van der Waals surface area (Å²) >= 11 is 0. The maximum atomic E-state index is 13.4. The van der Waals surface area contributed by atoms with Gasteiger partial charge in [0, 0.05) is 5.54 Å². The molecule has 1 fully saturated rings. The Labute approximate surface area is 196 Å². The van der Waals surface area contributed by atoms with E-state index in [4.69, 9.17) is 10.5 Å². The third-order valence-corrected chi connectivity index (χ3v) is 6.16. The normalized spacial score (nSPS) is 20.9. The van der Waals surface area contributed by atoms with E-state index < -0.39 is 17.5 Å². The van der Waals surface area contributed by atoms with Gasteiger partial charge in [-0.15, -0.1) is 5.10 Å². The molecule has 2 atom stereocenters. The fourth-order valence-electron chi connectivity index (χ4n) is 4.49. The molecule has 1 aromatic heterocycles. The van der Waals surface area contributed by atoms with Crippen LogP contribution in [0.1, 0.15) is 55.6 Å². The fraction of sp³-hybridized carbons (Fsp3) is 0.458. The molecular weight excluding hydrogens is 445 g/mol. The van der Waals surface area contributed by atoms with Crippen molar-refractivity contribution >= 4 is 0 Å². The molecule has 4 rings (SSSR count). The number of hydrogen-bond acceptors (Lipinski definition) is 6. The molecule has 0 radical (unpaired) electrons. The van der Waals surface area contributed by atoms with Crippen LogP contribution in [0.3, 0.4) is 0 Å². The zero-order valence-electron chi connectivity index (χ0n) is 19.1. The molecule has 3 aromatic rings. The van der Waals surface area contributed by atoms with Crippen LogP contribution in [0, 0.1) is 0 Å². The van der Waals surface area contributed by atoms with E-state index in [2.05, 4.69) is 27.8 Å². The van der Waals surface area contributed by atoms with E-state index in [-0.39, 0.29) is 11.7 Å². The minimum absolute atomic E-state index is 0.103. The lowest BCUT2D eigenvalue weighted by molar-refractivity contribution is -0.146. The van der Waals surface area contributed by atoms with Crippen LogP contribution in [-0.4, -0.2) is 38.9 Å². The molecule has 34 heavy (non-hydrogen) atoms. The molecule has 10 heteroatoms. The summed E-state index contributed by atoms with van der Waals surface area (Å²) in [6.45, 7) is 3.42. The summed E-state index contributed by atoms with van der Waals surface area (Å²) in [5.74, 6) is -0.567. The highest BCUT2D eigenvalue weighted by atomic mass is 19.4. The van der Waals surface area contributed by atoms with E-state index in [1.807, 2.05) is 30.3 Å². The van der Waals surface area contributed by atoms with Crippen molar-refractivity contribution in [1.29, 1.82) is 0 Å². The summed E-state index contributed by atoms with van der Waals surface area (Å²) in [4.78, 5) is 0. The third kappa shape index (κ3) is 5.23. The first-order valence-electron chi connectivity index (χ1n) is 11.5. The zero-order valence-corrected chi connectivity index (χ0v) is 19.1. The molecule has 0 unspecified atom stereocenters. The lowest BCUT2D eigenvalue weighted by Crippen LogP contribution is -2.56. The van der Waals surface area contributed by atoms with Crippen LogP contribution in [0.25, 0.3) is 5.69 Å². The van der Waals surface area contributed by atoms with Crippen molar-refractivity contribution < 1.29 is 17.9 Å². The molecule has 1 aliphatic heterocycles. The Morgan fingerprint density at radius 1 is 1.21 bits per heavy atom. The monoisotopic (exact) mass is 474 g/mol. The number of nitrogens with two attached hydrogens (primary N) is 1. The van der Waals surface area contributed by atoms with Crippen molar-refractivity contribution in [2.45, 2.75) is 56.8 Å². The Bertz CT molecular complexity index is 1090. The number of alkyl halides is 3. The maximum Gasteiger partial charge on any atom is 0.453 e. The van der Waals surface area contributed by atoms with E-state index in [0.717, 1.165) is 43.4 Å². The molecule has 7 nitrogen and oxygen atoms in total. The lowest BCUT2D eigenvalue weighted by atomic mass is 9.75. The van der Waals surface area contributed by atoms with Gasteiger partial charge in [0.05, 0.1) is 18.3 Å². The second-order valence-electron chi connectivity index (χ2n) is 8.72.